The van der Waals surface area contributed by atoms with E-state index in [0.29, 0.717) is 5.69 Å². The SMILES string of the molecule is Cc1ccccc1N(N)c1ccccc1C(=O)O. The summed E-state index contributed by atoms with van der Waals surface area (Å²) in [6, 6.07) is 14.2. The number of nitrogens with two attached hydrogens (primary N) is 1. The second-order valence-electron chi connectivity index (χ2n) is 3.98. The van der Waals surface area contributed by atoms with Crippen LogP contribution in [0.1, 0.15) is 15.9 Å². The molecule has 92 valence electrons. The molecular weight excluding hydrogens is 228 g/mol. The van der Waals surface area contributed by atoms with Gasteiger partial charge in [0.25, 0.3) is 0 Å². The molecule has 0 aliphatic rings. The number of rotatable bonds is 3. The number of aryl methyl sites for hydroxylation is 1. The molecular formula is C14H14N2O2. The summed E-state index contributed by atoms with van der Waals surface area (Å²) >= 11 is 0. The van der Waals surface area contributed by atoms with Gasteiger partial charge in [-0.1, -0.05) is 30.3 Å². The van der Waals surface area contributed by atoms with E-state index in [1.165, 1.54) is 11.1 Å². The minimum absolute atomic E-state index is 0.184. The molecule has 3 N–H and O–H groups in total. The van der Waals surface area contributed by atoms with Gasteiger partial charge < -0.3 is 5.11 Å². The number of benzene rings is 2. The summed E-state index contributed by atoms with van der Waals surface area (Å²) in [6.45, 7) is 1.93. The highest BCUT2D eigenvalue weighted by Gasteiger charge is 2.15. The van der Waals surface area contributed by atoms with E-state index in [0.717, 1.165) is 11.3 Å². The average molecular weight is 242 g/mol. The number of hydrogen-bond donors (Lipinski definition) is 2. The molecule has 0 saturated carbocycles. The van der Waals surface area contributed by atoms with Crippen molar-refractivity contribution in [3.8, 4) is 0 Å². The smallest absolute Gasteiger partial charge is 0.337 e. The first-order chi connectivity index (χ1) is 8.61. The number of para-hydroxylation sites is 2. The number of carboxylic acids is 1. The standard InChI is InChI=1S/C14H14N2O2/c1-10-6-2-4-8-12(10)16(15)13-9-5-3-7-11(13)14(17)18/h2-9H,15H2,1H3,(H,17,18). The zero-order valence-corrected chi connectivity index (χ0v) is 10.00. The van der Waals surface area contributed by atoms with Crippen molar-refractivity contribution in [3.63, 3.8) is 0 Å². The third-order valence-electron chi connectivity index (χ3n) is 2.77. The maximum Gasteiger partial charge on any atom is 0.337 e. The quantitative estimate of drug-likeness (QED) is 0.641. The normalized spacial score (nSPS) is 10.1. The van der Waals surface area contributed by atoms with Gasteiger partial charge in [0.2, 0.25) is 0 Å². The Hall–Kier alpha value is -2.33. The second-order valence-corrected chi connectivity index (χ2v) is 3.98. The summed E-state index contributed by atoms with van der Waals surface area (Å²) < 4.78 is 0. The summed E-state index contributed by atoms with van der Waals surface area (Å²) in [5.41, 5.74) is 2.42. The van der Waals surface area contributed by atoms with Crippen LogP contribution >= 0.6 is 0 Å². The first-order valence-corrected chi connectivity index (χ1v) is 5.54. The molecule has 4 heteroatoms. The highest BCUT2D eigenvalue weighted by molar-refractivity contribution is 5.95. The van der Waals surface area contributed by atoms with Gasteiger partial charge in [0.05, 0.1) is 16.9 Å². The lowest BCUT2D eigenvalue weighted by molar-refractivity contribution is 0.0697. The lowest BCUT2D eigenvalue weighted by Crippen LogP contribution is -2.27. The summed E-state index contributed by atoms with van der Waals surface area (Å²) in [5, 5.41) is 10.6. The van der Waals surface area contributed by atoms with Crippen LogP contribution in [0.5, 0.6) is 0 Å². The highest BCUT2D eigenvalue weighted by atomic mass is 16.4. The number of carbonyl (C=O) groups is 1. The lowest BCUT2D eigenvalue weighted by atomic mass is 10.1. The first-order valence-electron chi connectivity index (χ1n) is 5.54. The predicted octanol–water partition coefficient (Wildman–Crippen LogP) is 2.71. The van der Waals surface area contributed by atoms with Gasteiger partial charge in [-0.2, -0.15) is 0 Å². The molecule has 2 rings (SSSR count). The Bertz CT molecular complexity index is 582. The average Bonchev–Trinajstić information content (AvgIpc) is 2.38. The molecule has 0 unspecified atom stereocenters. The molecule has 2 aromatic carbocycles. The fourth-order valence-corrected chi connectivity index (χ4v) is 1.83. The topological polar surface area (TPSA) is 66.6 Å². The largest absolute Gasteiger partial charge is 0.478 e. The molecule has 0 radical (unpaired) electrons. The van der Waals surface area contributed by atoms with Gasteiger partial charge in [-0.25, -0.2) is 10.6 Å². The van der Waals surface area contributed by atoms with Crippen LogP contribution in [-0.2, 0) is 0 Å². The zero-order valence-electron chi connectivity index (χ0n) is 10.00. The molecule has 0 saturated heterocycles. The van der Waals surface area contributed by atoms with Crippen molar-refractivity contribution in [1.29, 1.82) is 0 Å². The molecule has 0 bridgehead atoms. The van der Waals surface area contributed by atoms with E-state index in [2.05, 4.69) is 0 Å². The number of hydrazine groups is 1. The van der Waals surface area contributed by atoms with Crippen molar-refractivity contribution in [2.75, 3.05) is 5.01 Å². The number of carboxylic acid groups (broad SMARTS) is 1. The van der Waals surface area contributed by atoms with Gasteiger partial charge >= 0.3 is 5.97 Å². The van der Waals surface area contributed by atoms with Crippen LogP contribution in [0.3, 0.4) is 0 Å². The fourth-order valence-electron chi connectivity index (χ4n) is 1.83. The molecule has 0 aliphatic carbocycles. The van der Waals surface area contributed by atoms with Crippen LogP contribution in [-0.4, -0.2) is 11.1 Å². The summed E-state index contributed by atoms with van der Waals surface area (Å²) in [6.07, 6.45) is 0. The molecule has 18 heavy (non-hydrogen) atoms. The van der Waals surface area contributed by atoms with Gasteiger partial charge in [-0.3, -0.25) is 5.01 Å². The van der Waals surface area contributed by atoms with Gasteiger partial charge in [-0.05, 0) is 30.7 Å². The Kier molecular flexibility index (Phi) is 3.30. The Morgan fingerprint density at radius 2 is 1.61 bits per heavy atom. The van der Waals surface area contributed by atoms with E-state index in [1.54, 1.807) is 18.2 Å². The third kappa shape index (κ3) is 2.19. The van der Waals surface area contributed by atoms with E-state index in [-0.39, 0.29) is 5.56 Å². The Balaban J connectivity index is 2.50. The van der Waals surface area contributed by atoms with E-state index in [9.17, 15) is 4.79 Å². The second kappa shape index (κ2) is 4.89. The molecule has 0 amide bonds. The maximum absolute atomic E-state index is 11.2. The van der Waals surface area contributed by atoms with E-state index in [4.69, 9.17) is 10.9 Å². The van der Waals surface area contributed by atoms with Crippen LogP contribution < -0.4 is 10.9 Å². The molecule has 4 nitrogen and oxygen atoms in total. The summed E-state index contributed by atoms with van der Waals surface area (Å²) in [4.78, 5) is 11.2. The van der Waals surface area contributed by atoms with Crippen molar-refractivity contribution in [3.05, 3.63) is 59.7 Å². The van der Waals surface area contributed by atoms with Crippen LogP contribution in [0, 0.1) is 6.92 Å². The van der Waals surface area contributed by atoms with Gasteiger partial charge in [0.15, 0.2) is 0 Å². The predicted molar refractivity (Wildman–Crippen MR) is 70.9 cm³/mol. The molecule has 0 fully saturated rings. The number of aromatic carboxylic acids is 1. The molecule has 0 aliphatic heterocycles. The minimum Gasteiger partial charge on any atom is -0.478 e. The Labute approximate surface area is 105 Å². The third-order valence-corrected chi connectivity index (χ3v) is 2.77. The number of anilines is 2. The fraction of sp³-hybridized carbons (Fsp3) is 0.0714. The molecule has 0 aromatic heterocycles. The number of hydrogen-bond acceptors (Lipinski definition) is 3. The van der Waals surface area contributed by atoms with Gasteiger partial charge in [0.1, 0.15) is 0 Å². The molecule has 0 heterocycles. The molecule has 0 atom stereocenters. The summed E-state index contributed by atoms with van der Waals surface area (Å²) in [7, 11) is 0. The summed E-state index contributed by atoms with van der Waals surface area (Å²) in [5.74, 6) is 5.03. The van der Waals surface area contributed by atoms with Crippen molar-refractivity contribution in [2.45, 2.75) is 6.92 Å². The van der Waals surface area contributed by atoms with Gasteiger partial charge in [-0.15, -0.1) is 0 Å². The van der Waals surface area contributed by atoms with Gasteiger partial charge in [0, 0.05) is 0 Å². The monoisotopic (exact) mass is 242 g/mol. The molecule has 2 aromatic rings. The van der Waals surface area contributed by atoms with Crippen LogP contribution in [0.2, 0.25) is 0 Å². The zero-order chi connectivity index (χ0) is 13.1. The number of nitrogens with zero attached hydrogens (tertiary/aromatic N) is 1. The van der Waals surface area contributed by atoms with Crippen LogP contribution in [0.25, 0.3) is 0 Å². The van der Waals surface area contributed by atoms with Crippen molar-refractivity contribution in [2.24, 2.45) is 5.84 Å². The Morgan fingerprint density at radius 3 is 2.22 bits per heavy atom. The van der Waals surface area contributed by atoms with Crippen LogP contribution in [0.15, 0.2) is 48.5 Å². The maximum atomic E-state index is 11.2. The van der Waals surface area contributed by atoms with Crippen LogP contribution in [0.4, 0.5) is 11.4 Å². The first kappa shape index (κ1) is 12.1. The Morgan fingerprint density at radius 1 is 1.06 bits per heavy atom. The van der Waals surface area contributed by atoms with Crippen molar-refractivity contribution >= 4 is 17.3 Å². The lowest BCUT2D eigenvalue weighted by Gasteiger charge is -2.22. The van der Waals surface area contributed by atoms with Crippen molar-refractivity contribution < 1.29 is 9.90 Å². The molecule has 0 spiro atoms. The minimum atomic E-state index is -0.991. The van der Waals surface area contributed by atoms with E-state index >= 15 is 0 Å². The van der Waals surface area contributed by atoms with E-state index in [1.807, 2.05) is 31.2 Å². The highest BCUT2D eigenvalue weighted by Crippen LogP contribution is 2.27. The van der Waals surface area contributed by atoms with E-state index < -0.39 is 5.97 Å². The van der Waals surface area contributed by atoms with Crippen molar-refractivity contribution in [1.82, 2.24) is 0 Å².